The van der Waals surface area contributed by atoms with Gasteiger partial charge in [-0.1, -0.05) is 67.6 Å². The van der Waals surface area contributed by atoms with Gasteiger partial charge in [0.05, 0.1) is 11.5 Å². The van der Waals surface area contributed by atoms with E-state index in [0.717, 1.165) is 5.56 Å². The molecule has 0 fully saturated rings. The standard InChI is InChI=1S/C17H18O2/c1-13(16(18)14-9-5-3-6-10-14)17(2,19)15-11-7-4-8-12-15/h3-13,19H,1-2H3/t13-,17-/m1/s1. The Kier molecular flexibility index (Phi) is 3.82. The minimum Gasteiger partial charge on any atom is -0.385 e. The molecule has 0 heterocycles. The molecule has 0 amide bonds. The van der Waals surface area contributed by atoms with Crippen molar-refractivity contribution in [2.75, 3.05) is 0 Å². The molecule has 2 rings (SSSR count). The third-order valence-corrected chi connectivity index (χ3v) is 3.65. The first-order valence-corrected chi connectivity index (χ1v) is 6.40. The Hall–Kier alpha value is -1.93. The molecule has 0 spiro atoms. The zero-order valence-corrected chi connectivity index (χ0v) is 11.2. The van der Waals surface area contributed by atoms with Gasteiger partial charge in [0.15, 0.2) is 5.78 Å². The van der Waals surface area contributed by atoms with Crippen LogP contribution in [0.4, 0.5) is 0 Å². The van der Waals surface area contributed by atoms with Gasteiger partial charge in [-0.15, -0.1) is 0 Å². The Balaban J connectivity index is 2.29. The van der Waals surface area contributed by atoms with Crippen LogP contribution in [0.1, 0.15) is 29.8 Å². The van der Waals surface area contributed by atoms with E-state index in [1.165, 1.54) is 0 Å². The monoisotopic (exact) mass is 254 g/mol. The van der Waals surface area contributed by atoms with E-state index in [0.29, 0.717) is 5.56 Å². The molecule has 1 N–H and O–H groups in total. The van der Waals surface area contributed by atoms with Crippen LogP contribution >= 0.6 is 0 Å². The lowest BCUT2D eigenvalue weighted by Crippen LogP contribution is -2.35. The summed E-state index contributed by atoms with van der Waals surface area (Å²) < 4.78 is 0. The Labute approximate surface area is 113 Å². The van der Waals surface area contributed by atoms with E-state index in [1.54, 1.807) is 26.0 Å². The summed E-state index contributed by atoms with van der Waals surface area (Å²) in [7, 11) is 0. The van der Waals surface area contributed by atoms with Crippen LogP contribution in [-0.4, -0.2) is 10.9 Å². The van der Waals surface area contributed by atoms with Crippen molar-refractivity contribution in [2.24, 2.45) is 5.92 Å². The number of carbonyl (C=O) groups is 1. The molecule has 0 saturated carbocycles. The third-order valence-electron chi connectivity index (χ3n) is 3.65. The Bertz CT molecular complexity index is 544. The zero-order valence-electron chi connectivity index (χ0n) is 11.2. The van der Waals surface area contributed by atoms with Gasteiger partial charge in [0.2, 0.25) is 0 Å². The Morgan fingerprint density at radius 2 is 1.47 bits per heavy atom. The highest BCUT2D eigenvalue weighted by Crippen LogP contribution is 2.31. The van der Waals surface area contributed by atoms with E-state index in [-0.39, 0.29) is 5.78 Å². The fourth-order valence-electron chi connectivity index (χ4n) is 2.13. The minimum absolute atomic E-state index is 0.0468. The topological polar surface area (TPSA) is 37.3 Å². The van der Waals surface area contributed by atoms with Crippen LogP contribution in [0.15, 0.2) is 60.7 Å². The maximum absolute atomic E-state index is 12.4. The molecule has 0 unspecified atom stereocenters. The first kappa shape index (κ1) is 13.5. The highest BCUT2D eigenvalue weighted by molar-refractivity contribution is 5.98. The van der Waals surface area contributed by atoms with Crippen LogP contribution < -0.4 is 0 Å². The molecule has 0 aliphatic rings. The summed E-state index contributed by atoms with van der Waals surface area (Å²) in [6, 6.07) is 18.4. The molecular formula is C17H18O2. The quantitative estimate of drug-likeness (QED) is 0.849. The molecule has 19 heavy (non-hydrogen) atoms. The third kappa shape index (κ3) is 2.74. The van der Waals surface area contributed by atoms with Crippen molar-refractivity contribution in [3.63, 3.8) is 0 Å². The number of carbonyl (C=O) groups excluding carboxylic acids is 1. The molecule has 0 radical (unpaired) electrons. The van der Waals surface area contributed by atoms with Crippen molar-refractivity contribution in [3.05, 3.63) is 71.8 Å². The second kappa shape index (κ2) is 5.37. The predicted molar refractivity (Wildman–Crippen MR) is 75.9 cm³/mol. The fraction of sp³-hybridized carbons (Fsp3) is 0.235. The minimum atomic E-state index is -1.17. The smallest absolute Gasteiger partial charge is 0.168 e. The van der Waals surface area contributed by atoms with Crippen LogP contribution in [0, 0.1) is 5.92 Å². The summed E-state index contributed by atoms with van der Waals surface area (Å²) in [6.07, 6.45) is 0. The lowest BCUT2D eigenvalue weighted by atomic mass is 9.80. The zero-order chi connectivity index (χ0) is 13.9. The van der Waals surface area contributed by atoms with E-state index in [2.05, 4.69) is 0 Å². The molecule has 2 nitrogen and oxygen atoms in total. The van der Waals surface area contributed by atoms with Crippen LogP contribution in [-0.2, 0) is 5.60 Å². The van der Waals surface area contributed by atoms with Gasteiger partial charge in [-0.25, -0.2) is 0 Å². The van der Waals surface area contributed by atoms with Crippen molar-refractivity contribution < 1.29 is 9.90 Å². The van der Waals surface area contributed by atoms with Gasteiger partial charge >= 0.3 is 0 Å². The van der Waals surface area contributed by atoms with Crippen molar-refractivity contribution in [1.29, 1.82) is 0 Å². The molecule has 2 atom stereocenters. The maximum atomic E-state index is 12.4. The predicted octanol–water partition coefficient (Wildman–Crippen LogP) is 3.41. The largest absolute Gasteiger partial charge is 0.385 e. The molecule has 0 aliphatic carbocycles. The molecule has 0 bridgehead atoms. The van der Waals surface area contributed by atoms with Gasteiger partial charge in [0, 0.05) is 5.56 Å². The Morgan fingerprint density at radius 3 is 2.00 bits per heavy atom. The first-order chi connectivity index (χ1) is 9.03. The summed E-state index contributed by atoms with van der Waals surface area (Å²) in [5.41, 5.74) is 0.215. The second-order valence-electron chi connectivity index (χ2n) is 4.97. The van der Waals surface area contributed by atoms with Crippen LogP contribution in [0.3, 0.4) is 0 Å². The molecule has 2 heteroatoms. The van der Waals surface area contributed by atoms with Gasteiger partial charge in [0.1, 0.15) is 0 Å². The highest BCUT2D eigenvalue weighted by atomic mass is 16.3. The summed E-state index contributed by atoms with van der Waals surface area (Å²) >= 11 is 0. The average Bonchev–Trinajstić information content (AvgIpc) is 2.47. The maximum Gasteiger partial charge on any atom is 0.168 e. The van der Waals surface area contributed by atoms with E-state index >= 15 is 0 Å². The van der Waals surface area contributed by atoms with E-state index in [4.69, 9.17) is 0 Å². The molecule has 0 aromatic heterocycles. The highest BCUT2D eigenvalue weighted by Gasteiger charge is 2.35. The molecular weight excluding hydrogens is 236 g/mol. The second-order valence-corrected chi connectivity index (χ2v) is 4.97. The van der Waals surface area contributed by atoms with Crippen molar-refractivity contribution in [3.8, 4) is 0 Å². The summed E-state index contributed by atoms with van der Waals surface area (Å²) in [6.45, 7) is 3.45. The number of aliphatic hydroxyl groups is 1. The van der Waals surface area contributed by atoms with Gasteiger partial charge in [0.25, 0.3) is 0 Å². The van der Waals surface area contributed by atoms with Gasteiger partial charge in [-0.05, 0) is 12.5 Å². The molecule has 2 aromatic carbocycles. The number of hydrogen-bond acceptors (Lipinski definition) is 2. The normalized spacial score (nSPS) is 15.5. The molecule has 98 valence electrons. The molecule has 0 aliphatic heterocycles. The van der Waals surface area contributed by atoms with Crippen molar-refractivity contribution in [2.45, 2.75) is 19.4 Å². The van der Waals surface area contributed by atoms with E-state index < -0.39 is 11.5 Å². The average molecular weight is 254 g/mol. The Morgan fingerprint density at radius 1 is 1.00 bits per heavy atom. The molecule has 2 aromatic rings. The lowest BCUT2D eigenvalue weighted by Gasteiger charge is -2.30. The summed E-state index contributed by atoms with van der Waals surface area (Å²) in [4.78, 5) is 12.4. The van der Waals surface area contributed by atoms with E-state index in [1.807, 2.05) is 48.5 Å². The number of benzene rings is 2. The number of Topliss-reactive ketones (excluding diaryl/α,β-unsaturated/α-hetero) is 1. The number of rotatable bonds is 4. The van der Waals surface area contributed by atoms with Crippen molar-refractivity contribution >= 4 is 5.78 Å². The van der Waals surface area contributed by atoms with Gasteiger partial charge in [-0.2, -0.15) is 0 Å². The summed E-state index contributed by atoms with van der Waals surface area (Å²) in [5.74, 6) is -0.549. The fourth-order valence-corrected chi connectivity index (χ4v) is 2.13. The van der Waals surface area contributed by atoms with E-state index in [9.17, 15) is 9.90 Å². The number of hydrogen-bond donors (Lipinski definition) is 1. The SMILES string of the molecule is C[C@H](C(=O)c1ccccc1)[C@@](C)(O)c1ccccc1. The van der Waals surface area contributed by atoms with Crippen LogP contribution in [0.25, 0.3) is 0 Å². The summed E-state index contributed by atoms with van der Waals surface area (Å²) in [5, 5.41) is 10.7. The van der Waals surface area contributed by atoms with Crippen LogP contribution in [0.5, 0.6) is 0 Å². The van der Waals surface area contributed by atoms with Gasteiger partial charge < -0.3 is 5.11 Å². The van der Waals surface area contributed by atoms with Crippen molar-refractivity contribution in [1.82, 2.24) is 0 Å². The lowest BCUT2D eigenvalue weighted by molar-refractivity contribution is 0.00676. The van der Waals surface area contributed by atoms with Gasteiger partial charge in [-0.3, -0.25) is 4.79 Å². The van der Waals surface area contributed by atoms with Crippen LogP contribution in [0.2, 0.25) is 0 Å². The molecule has 0 saturated heterocycles. The number of ketones is 1. The first-order valence-electron chi connectivity index (χ1n) is 6.40.